The number of nitrogens with one attached hydrogen (secondary N) is 1. The van der Waals surface area contributed by atoms with E-state index in [9.17, 15) is 14.4 Å². The molecule has 0 atom stereocenters. The van der Waals surface area contributed by atoms with E-state index in [1.54, 1.807) is 44.2 Å². The third-order valence-electron chi connectivity index (χ3n) is 3.86. The third kappa shape index (κ3) is 3.17. The van der Waals surface area contributed by atoms with E-state index in [-0.39, 0.29) is 11.7 Å². The minimum absolute atomic E-state index is 0.0178. The lowest BCUT2D eigenvalue weighted by Gasteiger charge is -2.41. The van der Waals surface area contributed by atoms with Gasteiger partial charge in [-0.3, -0.25) is 14.5 Å². The number of anilines is 2. The number of para-hydroxylation sites is 2. The summed E-state index contributed by atoms with van der Waals surface area (Å²) in [4.78, 5) is 38.3. The van der Waals surface area contributed by atoms with E-state index in [2.05, 4.69) is 21.2 Å². The van der Waals surface area contributed by atoms with Crippen molar-refractivity contribution in [3.63, 3.8) is 0 Å². The molecule has 1 N–H and O–H groups in total. The van der Waals surface area contributed by atoms with Crippen LogP contribution >= 0.6 is 15.9 Å². The number of fused-ring (bicyclic) bond motifs is 1. The van der Waals surface area contributed by atoms with Gasteiger partial charge in [0.15, 0.2) is 11.3 Å². The van der Waals surface area contributed by atoms with Crippen molar-refractivity contribution in [2.75, 3.05) is 16.8 Å². The normalized spacial score (nSPS) is 15.3. The van der Waals surface area contributed by atoms with Gasteiger partial charge in [0, 0.05) is 0 Å². The second kappa shape index (κ2) is 6.36. The number of esters is 1. The van der Waals surface area contributed by atoms with Gasteiger partial charge in [-0.15, -0.1) is 0 Å². The van der Waals surface area contributed by atoms with Crippen molar-refractivity contribution in [3.8, 4) is 0 Å². The molecular formula is C17H15BrN2O5. The zero-order valence-electron chi connectivity index (χ0n) is 13.5. The molecule has 25 heavy (non-hydrogen) atoms. The lowest BCUT2D eigenvalue weighted by Crippen LogP contribution is -2.59. The second-order valence-electron chi connectivity index (χ2n) is 5.94. The van der Waals surface area contributed by atoms with E-state index in [1.165, 1.54) is 11.0 Å². The summed E-state index contributed by atoms with van der Waals surface area (Å²) in [6.45, 7) is 2.74. The molecule has 1 aromatic carbocycles. The third-order valence-corrected chi connectivity index (χ3v) is 4.28. The SMILES string of the molecule is CC1(C)C(=O)Nc2ccccc2N1C(=O)COC(=O)c1ccc(Br)o1. The van der Waals surface area contributed by atoms with E-state index in [0.717, 1.165) is 0 Å². The Bertz CT molecular complexity index is 858. The Balaban J connectivity index is 1.80. The molecule has 0 fully saturated rings. The first-order valence-electron chi connectivity index (χ1n) is 7.46. The number of halogens is 1. The summed E-state index contributed by atoms with van der Waals surface area (Å²) in [6, 6.07) is 9.93. The number of hydrogen-bond acceptors (Lipinski definition) is 5. The summed E-state index contributed by atoms with van der Waals surface area (Å²) in [6.07, 6.45) is 0. The van der Waals surface area contributed by atoms with Gasteiger partial charge in [-0.25, -0.2) is 4.79 Å². The molecule has 0 unspecified atom stereocenters. The number of carbonyl (C=O) groups excluding carboxylic acids is 3. The molecule has 0 saturated carbocycles. The summed E-state index contributed by atoms with van der Waals surface area (Å²) >= 11 is 3.09. The van der Waals surface area contributed by atoms with Crippen molar-refractivity contribution < 1.29 is 23.5 Å². The highest BCUT2D eigenvalue weighted by Crippen LogP contribution is 2.36. The number of nitrogens with zero attached hydrogens (tertiary/aromatic N) is 1. The van der Waals surface area contributed by atoms with Crippen LogP contribution in [-0.2, 0) is 14.3 Å². The maximum atomic E-state index is 12.7. The average molecular weight is 407 g/mol. The van der Waals surface area contributed by atoms with E-state index >= 15 is 0 Å². The van der Waals surface area contributed by atoms with Gasteiger partial charge in [-0.2, -0.15) is 0 Å². The average Bonchev–Trinajstić information content (AvgIpc) is 3.00. The van der Waals surface area contributed by atoms with Gasteiger partial charge >= 0.3 is 5.97 Å². The van der Waals surface area contributed by atoms with Gasteiger partial charge in [0.1, 0.15) is 5.54 Å². The maximum Gasteiger partial charge on any atom is 0.374 e. The number of furan rings is 1. The molecule has 7 nitrogen and oxygen atoms in total. The van der Waals surface area contributed by atoms with Crippen LogP contribution in [0.5, 0.6) is 0 Å². The molecule has 2 aromatic rings. The molecule has 0 bridgehead atoms. The Hall–Kier alpha value is -2.61. The summed E-state index contributed by atoms with van der Waals surface area (Å²) in [5.74, 6) is -1.60. The zero-order chi connectivity index (χ0) is 18.2. The van der Waals surface area contributed by atoms with E-state index in [4.69, 9.17) is 9.15 Å². The smallest absolute Gasteiger partial charge is 0.374 e. The number of ether oxygens (including phenoxy) is 1. The molecule has 8 heteroatoms. The van der Waals surface area contributed by atoms with Gasteiger partial charge in [0.2, 0.25) is 11.7 Å². The van der Waals surface area contributed by atoms with Gasteiger partial charge in [0.05, 0.1) is 11.4 Å². The predicted octanol–water partition coefficient (Wildman–Crippen LogP) is 2.96. The van der Waals surface area contributed by atoms with Crippen molar-refractivity contribution in [1.29, 1.82) is 0 Å². The first kappa shape index (κ1) is 17.2. The Morgan fingerprint density at radius 3 is 2.64 bits per heavy atom. The topological polar surface area (TPSA) is 88.9 Å². The van der Waals surface area contributed by atoms with Crippen molar-refractivity contribution in [2.45, 2.75) is 19.4 Å². The van der Waals surface area contributed by atoms with Crippen LogP contribution in [0.15, 0.2) is 45.5 Å². The van der Waals surface area contributed by atoms with Crippen molar-refractivity contribution in [3.05, 3.63) is 46.8 Å². The van der Waals surface area contributed by atoms with Crippen LogP contribution in [-0.4, -0.2) is 29.9 Å². The van der Waals surface area contributed by atoms with Gasteiger partial charge < -0.3 is 14.5 Å². The van der Waals surface area contributed by atoms with Crippen molar-refractivity contribution in [1.82, 2.24) is 0 Å². The van der Waals surface area contributed by atoms with Crippen LogP contribution in [0.2, 0.25) is 0 Å². The Kier molecular flexibility index (Phi) is 4.38. The van der Waals surface area contributed by atoms with Gasteiger partial charge in [0.25, 0.3) is 5.91 Å². The Morgan fingerprint density at radius 1 is 1.24 bits per heavy atom. The Morgan fingerprint density at radius 2 is 1.96 bits per heavy atom. The molecule has 0 aliphatic carbocycles. The van der Waals surface area contributed by atoms with Crippen LogP contribution < -0.4 is 10.2 Å². The molecule has 2 heterocycles. The lowest BCUT2D eigenvalue weighted by atomic mass is 9.96. The summed E-state index contributed by atoms with van der Waals surface area (Å²) in [7, 11) is 0. The van der Waals surface area contributed by atoms with Crippen molar-refractivity contribution >= 4 is 45.1 Å². The van der Waals surface area contributed by atoms with Crippen LogP contribution in [0.3, 0.4) is 0 Å². The fraction of sp³-hybridized carbons (Fsp3) is 0.235. The summed E-state index contributed by atoms with van der Waals surface area (Å²) < 4.78 is 10.5. The molecule has 0 radical (unpaired) electrons. The molecule has 0 spiro atoms. The molecule has 1 aliphatic rings. The highest BCUT2D eigenvalue weighted by molar-refractivity contribution is 9.10. The quantitative estimate of drug-likeness (QED) is 0.791. The van der Waals surface area contributed by atoms with Crippen molar-refractivity contribution in [2.24, 2.45) is 0 Å². The fourth-order valence-corrected chi connectivity index (χ4v) is 2.89. The van der Waals surface area contributed by atoms with Crippen LogP contribution in [0.1, 0.15) is 24.4 Å². The molecule has 0 saturated heterocycles. The largest absolute Gasteiger partial charge is 0.450 e. The first-order valence-corrected chi connectivity index (χ1v) is 8.26. The summed E-state index contributed by atoms with van der Waals surface area (Å²) in [5, 5.41) is 2.77. The van der Waals surface area contributed by atoms with Gasteiger partial charge in [-0.1, -0.05) is 12.1 Å². The molecule has 130 valence electrons. The molecule has 2 amide bonds. The molecule has 3 rings (SSSR count). The van der Waals surface area contributed by atoms with Crippen LogP contribution in [0, 0.1) is 0 Å². The number of amides is 2. The fourth-order valence-electron chi connectivity index (χ4n) is 2.59. The number of rotatable bonds is 3. The Labute approximate surface area is 152 Å². The van der Waals surface area contributed by atoms with E-state index in [1.807, 2.05) is 0 Å². The van der Waals surface area contributed by atoms with Crippen LogP contribution in [0.4, 0.5) is 11.4 Å². The van der Waals surface area contributed by atoms with E-state index in [0.29, 0.717) is 16.0 Å². The minimum Gasteiger partial charge on any atom is -0.450 e. The number of carbonyl (C=O) groups is 3. The lowest BCUT2D eigenvalue weighted by molar-refractivity contribution is -0.128. The molecular weight excluding hydrogens is 392 g/mol. The highest BCUT2D eigenvalue weighted by Gasteiger charge is 2.43. The maximum absolute atomic E-state index is 12.7. The molecule has 1 aromatic heterocycles. The predicted molar refractivity (Wildman–Crippen MR) is 93.3 cm³/mol. The monoisotopic (exact) mass is 406 g/mol. The number of hydrogen-bond donors (Lipinski definition) is 1. The number of benzene rings is 1. The zero-order valence-corrected chi connectivity index (χ0v) is 15.1. The summed E-state index contributed by atoms with van der Waals surface area (Å²) in [5.41, 5.74) is -0.0405. The van der Waals surface area contributed by atoms with E-state index < -0.39 is 24.0 Å². The van der Waals surface area contributed by atoms with Gasteiger partial charge in [-0.05, 0) is 54.0 Å². The standard InChI is InChI=1S/C17H15BrN2O5/c1-17(2)16(23)19-10-5-3-4-6-11(10)20(17)14(21)9-24-15(22)12-7-8-13(18)25-12/h3-8H,9H2,1-2H3,(H,19,23). The minimum atomic E-state index is -1.12. The molecule has 1 aliphatic heterocycles. The van der Waals surface area contributed by atoms with Crippen LogP contribution in [0.25, 0.3) is 0 Å². The highest BCUT2D eigenvalue weighted by atomic mass is 79.9. The first-order chi connectivity index (χ1) is 11.8. The second-order valence-corrected chi connectivity index (χ2v) is 6.72.